The number of halogens is 2. The molecular formula is C21H24Cl2N4O2. The molecule has 1 amide bonds. The summed E-state index contributed by atoms with van der Waals surface area (Å²) in [4.78, 5) is 24.3. The van der Waals surface area contributed by atoms with Crippen molar-refractivity contribution in [2.24, 2.45) is 0 Å². The molecule has 29 heavy (non-hydrogen) atoms. The zero-order valence-electron chi connectivity index (χ0n) is 16.3. The Labute approximate surface area is 182 Å². The fourth-order valence-electron chi connectivity index (χ4n) is 3.61. The zero-order chi connectivity index (χ0) is 18.8. The van der Waals surface area contributed by atoms with Gasteiger partial charge in [-0.25, -0.2) is 0 Å². The Kier molecular flexibility index (Phi) is 7.79. The van der Waals surface area contributed by atoms with Crippen molar-refractivity contribution in [1.82, 2.24) is 20.2 Å². The lowest BCUT2D eigenvalue weighted by Crippen LogP contribution is -2.48. The van der Waals surface area contributed by atoms with Gasteiger partial charge in [0.05, 0.1) is 24.2 Å². The van der Waals surface area contributed by atoms with Gasteiger partial charge in [0.1, 0.15) is 5.75 Å². The molecule has 4 rings (SSSR count). The molecule has 0 spiro atoms. The average molecular weight is 435 g/mol. The first-order valence-corrected chi connectivity index (χ1v) is 9.04. The van der Waals surface area contributed by atoms with E-state index in [1.807, 2.05) is 54.4 Å². The number of piperazine rings is 1. The van der Waals surface area contributed by atoms with Crippen LogP contribution in [0.5, 0.6) is 5.75 Å². The largest absolute Gasteiger partial charge is 0.497 e. The summed E-state index contributed by atoms with van der Waals surface area (Å²) in [6.45, 7) is 4.04. The zero-order valence-corrected chi connectivity index (χ0v) is 17.9. The van der Waals surface area contributed by atoms with Crippen LogP contribution < -0.4 is 10.1 Å². The number of benzene rings is 1. The fourth-order valence-corrected chi connectivity index (χ4v) is 3.61. The van der Waals surface area contributed by atoms with Gasteiger partial charge in [0, 0.05) is 43.1 Å². The molecule has 3 heterocycles. The van der Waals surface area contributed by atoms with E-state index in [4.69, 9.17) is 4.74 Å². The third-order valence-corrected chi connectivity index (χ3v) is 4.95. The third-order valence-electron chi connectivity index (χ3n) is 4.95. The summed E-state index contributed by atoms with van der Waals surface area (Å²) in [6.07, 6.45) is 3.58. The van der Waals surface area contributed by atoms with E-state index in [1.54, 1.807) is 13.3 Å². The number of nitrogens with zero attached hydrogens (tertiary/aromatic N) is 3. The minimum Gasteiger partial charge on any atom is -0.497 e. The highest BCUT2D eigenvalue weighted by atomic mass is 35.5. The van der Waals surface area contributed by atoms with E-state index in [9.17, 15) is 4.79 Å². The molecule has 1 fully saturated rings. The highest BCUT2D eigenvalue weighted by Gasteiger charge is 2.30. The van der Waals surface area contributed by atoms with Gasteiger partial charge in [-0.05, 0) is 42.8 Å². The highest BCUT2D eigenvalue weighted by molar-refractivity contribution is 6.06. The number of nitrogens with one attached hydrogen (secondary N) is 1. The predicted octanol–water partition coefficient (Wildman–Crippen LogP) is 3.58. The smallest absolute Gasteiger partial charge is 0.255 e. The molecule has 1 aliphatic rings. The number of carbonyl (C=O) groups excluding carboxylic acids is 1. The molecule has 1 N–H and O–H groups in total. The maximum Gasteiger partial charge on any atom is 0.255 e. The second kappa shape index (κ2) is 9.87. The quantitative estimate of drug-likeness (QED) is 0.682. The molecule has 2 aromatic heterocycles. The first-order valence-electron chi connectivity index (χ1n) is 9.04. The number of carbonyl (C=O) groups is 1. The Morgan fingerprint density at radius 3 is 2.79 bits per heavy atom. The van der Waals surface area contributed by atoms with E-state index < -0.39 is 0 Å². The molecule has 0 saturated carbocycles. The lowest BCUT2D eigenvalue weighted by atomic mass is 10.0. The van der Waals surface area contributed by atoms with Gasteiger partial charge in [0.15, 0.2) is 0 Å². The number of pyridine rings is 2. The summed E-state index contributed by atoms with van der Waals surface area (Å²) in [6, 6.07) is 11.4. The van der Waals surface area contributed by atoms with Crippen LogP contribution in [0.1, 0.15) is 27.7 Å². The number of methoxy groups -OCH3 is 1. The van der Waals surface area contributed by atoms with Crippen molar-refractivity contribution in [2.75, 3.05) is 26.7 Å². The van der Waals surface area contributed by atoms with Gasteiger partial charge < -0.3 is 15.0 Å². The minimum atomic E-state index is -0.0471. The summed E-state index contributed by atoms with van der Waals surface area (Å²) in [5.74, 6) is 0.723. The van der Waals surface area contributed by atoms with Gasteiger partial charge >= 0.3 is 0 Å². The summed E-state index contributed by atoms with van der Waals surface area (Å²) >= 11 is 0. The van der Waals surface area contributed by atoms with Gasteiger partial charge in [-0.2, -0.15) is 0 Å². The molecular weight excluding hydrogens is 411 g/mol. The summed E-state index contributed by atoms with van der Waals surface area (Å²) < 4.78 is 5.35. The molecule has 8 heteroatoms. The van der Waals surface area contributed by atoms with Gasteiger partial charge in [0.2, 0.25) is 0 Å². The normalized spacial score (nSPS) is 15.9. The standard InChI is InChI=1S/C21H22N4O2.2ClH/c1-14-10-18(17-11-16(27-2)5-6-19(17)24-14)21(26)25-9-8-23-13-20(25)15-4-3-7-22-12-15;;/h3-7,10-12,20,23H,8-9,13H2,1-2H3;2*1H. The number of rotatable bonds is 3. The van der Waals surface area contributed by atoms with Crippen LogP contribution in [-0.4, -0.2) is 47.5 Å². The van der Waals surface area contributed by atoms with Crippen molar-refractivity contribution in [2.45, 2.75) is 13.0 Å². The Morgan fingerprint density at radius 1 is 1.24 bits per heavy atom. The van der Waals surface area contributed by atoms with Crippen molar-refractivity contribution >= 4 is 41.6 Å². The van der Waals surface area contributed by atoms with Crippen LogP contribution in [0.15, 0.2) is 48.8 Å². The van der Waals surface area contributed by atoms with Crippen molar-refractivity contribution in [1.29, 1.82) is 0 Å². The fraction of sp³-hybridized carbons (Fsp3) is 0.286. The van der Waals surface area contributed by atoms with E-state index in [-0.39, 0.29) is 36.8 Å². The molecule has 6 nitrogen and oxygen atoms in total. The molecule has 1 aromatic carbocycles. The van der Waals surface area contributed by atoms with Crippen LogP contribution in [0.25, 0.3) is 10.9 Å². The second-order valence-electron chi connectivity index (χ2n) is 6.70. The van der Waals surface area contributed by atoms with E-state index in [2.05, 4.69) is 15.3 Å². The van der Waals surface area contributed by atoms with Crippen molar-refractivity contribution in [3.05, 3.63) is 65.6 Å². The van der Waals surface area contributed by atoms with Crippen LogP contribution in [0.4, 0.5) is 0 Å². The van der Waals surface area contributed by atoms with Gasteiger partial charge in [-0.15, -0.1) is 24.8 Å². The van der Waals surface area contributed by atoms with Crippen LogP contribution in [0, 0.1) is 6.92 Å². The Balaban J connectivity index is 0.00000150. The second-order valence-corrected chi connectivity index (χ2v) is 6.70. The minimum absolute atomic E-state index is 0. The van der Waals surface area contributed by atoms with Gasteiger partial charge in [-0.1, -0.05) is 6.07 Å². The van der Waals surface area contributed by atoms with Gasteiger partial charge in [-0.3, -0.25) is 14.8 Å². The van der Waals surface area contributed by atoms with Crippen molar-refractivity contribution < 1.29 is 9.53 Å². The van der Waals surface area contributed by atoms with Crippen LogP contribution >= 0.6 is 24.8 Å². The first-order chi connectivity index (χ1) is 13.2. The molecule has 1 unspecified atom stereocenters. The van der Waals surface area contributed by atoms with Crippen LogP contribution in [-0.2, 0) is 0 Å². The highest BCUT2D eigenvalue weighted by Crippen LogP contribution is 2.28. The van der Waals surface area contributed by atoms with E-state index in [1.165, 1.54) is 0 Å². The Bertz CT molecular complexity index is 985. The average Bonchev–Trinajstić information content (AvgIpc) is 2.73. The molecule has 0 aliphatic carbocycles. The monoisotopic (exact) mass is 434 g/mol. The van der Waals surface area contributed by atoms with Gasteiger partial charge in [0.25, 0.3) is 5.91 Å². The number of ether oxygens (including phenoxy) is 1. The number of amides is 1. The molecule has 1 aliphatic heterocycles. The predicted molar refractivity (Wildman–Crippen MR) is 118 cm³/mol. The van der Waals surface area contributed by atoms with E-state index in [0.717, 1.165) is 28.7 Å². The molecule has 1 atom stereocenters. The molecule has 1 saturated heterocycles. The molecule has 0 bridgehead atoms. The molecule has 3 aromatic rings. The Morgan fingerprint density at radius 2 is 2.07 bits per heavy atom. The number of aryl methyl sites for hydroxylation is 1. The Hall–Kier alpha value is -2.41. The lowest BCUT2D eigenvalue weighted by molar-refractivity contribution is 0.0636. The summed E-state index contributed by atoms with van der Waals surface area (Å²) in [7, 11) is 1.62. The number of aromatic nitrogens is 2. The number of fused-ring (bicyclic) bond motifs is 1. The summed E-state index contributed by atoms with van der Waals surface area (Å²) in [5.41, 5.74) is 3.31. The lowest BCUT2D eigenvalue weighted by Gasteiger charge is -2.36. The first kappa shape index (κ1) is 22.9. The molecule has 0 radical (unpaired) electrons. The maximum absolute atomic E-state index is 13.6. The van der Waals surface area contributed by atoms with Crippen LogP contribution in [0.2, 0.25) is 0 Å². The number of hydrogen-bond donors (Lipinski definition) is 1. The summed E-state index contributed by atoms with van der Waals surface area (Å²) in [5, 5.41) is 4.20. The third kappa shape index (κ3) is 4.61. The molecule has 154 valence electrons. The SMILES string of the molecule is COc1ccc2nc(C)cc(C(=O)N3CCNCC3c3cccnc3)c2c1.Cl.Cl. The van der Waals surface area contributed by atoms with Crippen LogP contribution in [0.3, 0.4) is 0 Å². The van der Waals surface area contributed by atoms with Crippen molar-refractivity contribution in [3.8, 4) is 5.75 Å². The van der Waals surface area contributed by atoms with E-state index in [0.29, 0.717) is 24.4 Å². The number of hydrogen-bond acceptors (Lipinski definition) is 5. The van der Waals surface area contributed by atoms with Crippen molar-refractivity contribution in [3.63, 3.8) is 0 Å². The maximum atomic E-state index is 13.6. The van der Waals surface area contributed by atoms with E-state index >= 15 is 0 Å². The topological polar surface area (TPSA) is 67.3 Å².